The molecule has 8 heteroatoms. The maximum atomic E-state index is 14.4. The summed E-state index contributed by atoms with van der Waals surface area (Å²) < 4.78 is 6.72. The smallest absolute Gasteiger partial charge is 0.249 e. The number of amides is 3. The molecule has 2 saturated heterocycles. The maximum absolute atomic E-state index is 14.4. The Kier molecular flexibility index (Phi) is 7.96. The van der Waals surface area contributed by atoms with Crippen molar-refractivity contribution in [1.29, 1.82) is 0 Å². The van der Waals surface area contributed by atoms with Gasteiger partial charge in [-0.2, -0.15) is 0 Å². The van der Waals surface area contributed by atoms with Crippen molar-refractivity contribution in [3.05, 3.63) is 60.2 Å². The number of carbonyl (C=O) groups is 3. The molecule has 4 aliphatic heterocycles. The van der Waals surface area contributed by atoms with Crippen molar-refractivity contribution in [1.82, 2.24) is 14.7 Å². The summed E-state index contributed by atoms with van der Waals surface area (Å²) in [6, 6.07) is 8.32. The van der Waals surface area contributed by atoms with E-state index in [4.69, 9.17) is 4.74 Å². The summed E-state index contributed by atoms with van der Waals surface area (Å²) in [5, 5.41) is 10.4. The van der Waals surface area contributed by atoms with Crippen LogP contribution in [0.3, 0.4) is 0 Å². The molecule has 1 aromatic rings. The molecule has 4 heterocycles. The van der Waals surface area contributed by atoms with Crippen LogP contribution < -0.4 is 0 Å². The average Bonchev–Trinajstić information content (AvgIpc) is 3.24. The van der Waals surface area contributed by atoms with Crippen molar-refractivity contribution in [3.8, 4) is 0 Å². The number of ether oxygens (including phenoxy) is 1. The van der Waals surface area contributed by atoms with Crippen LogP contribution in [-0.2, 0) is 25.7 Å². The van der Waals surface area contributed by atoms with E-state index in [0.29, 0.717) is 26.2 Å². The number of rotatable bonds is 9. The van der Waals surface area contributed by atoms with E-state index in [-0.39, 0.29) is 30.2 Å². The first kappa shape index (κ1) is 27.6. The van der Waals surface area contributed by atoms with Gasteiger partial charge < -0.3 is 24.5 Å². The summed E-state index contributed by atoms with van der Waals surface area (Å²) >= 11 is 0. The summed E-state index contributed by atoms with van der Waals surface area (Å²) in [5.74, 6) is -2.26. The van der Waals surface area contributed by atoms with E-state index in [9.17, 15) is 19.5 Å². The van der Waals surface area contributed by atoms with E-state index >= 15 is 0 Å². The SMILES string of the molecule is CCCCCN1CC=C[C@]23O[C@H]4C=CCN(Cc5ccccc5)C(=O)[C@H]4[C@H]2C(=O)N([C@@H](CO)C(C)C)C3C1=O. The largest absolute Gasteiger partial charge is 0.394 e. The lowest BCUT2D eigenvalue weighted by Gasteiger charge is -2.39. The first-order valence-corrected chi connectivity index (χ1v) is 14.4. The molecule has 210 valence electrons. The molecule has 0 saturated carbocycles. The standard InChI is InChI=1S/C31H41N3O5/c1-4-5-9-16-32-18-11-15-31-26(29(37)34(27(31)30(32)38)23(20-35)21(2)3)25-24(39-31)14-10-17-33(28(25)36)19-22-12-7-6-8-13-22/h6-8,10-15,21,23-27,35H,4-5,9,16-20H2,1-3H3/t23-,24-,25+,26-,27?,31-/m0/s1. The second-order valence-corrected chi connectivity index (χ2v) is 11.6. The zero-order valence-corrected chi connectivity index (χ0v) is 23.2. The Hall–Kier alpha value is -2.97. The van der Waals surface area contributed by atoms with Crippen molar-refractivity contribution in [2.45, 2.75) is 70.4 Å². The lowest BCUT2D eigenvalue weighted by atomic mass is 9.77. The summed E-state index contributed by atoms with van der Waals surface area (Å²) in [5.41, 5.74) is -0.253. The summed E-state index contributed by atoms with van der Waals surface area (Å²) in [6.45, 7) is 7.62. The number of fused-ring (bicyclic) bond motifs is 2. The number of benzene rings is 1. The lowest BCUT2D eigenvalue weighted by Crippen LogP contribution is -2.59. The van der Waals surface area contributed by atoms with E-state index < -0.39 is 35.6 Å². The Balaban J connectivity index is 1.55. The van der Waals surface area contributed by atoms with Gasteiger partial charge in [0.05, 0.1) is 30.6 Å². The van der Waals surface area contributed by atoms with Crippen LogP contribution in [0.1, 0.15) is 45.6 Å². The Morgan fingerprint density at radius 1 is 1.00 bits per heavy atom. The second kappa shape index (κ2) is 11.3. The van der Waals surface area contributed by atoms with Crippen LogP contribution in [0.25, 0.3) is 0 Å². The van der Waals surface area contributed by atoms with Gasteiger partial charge in [-0.05, 0) is 17.9 Å². The fraction of sp³-hybridized carbons (Fsp3) is 0.581. The molecule has 5 rings (SSSR count). The zero-order valence-electron chi connectivity index (χ0n) is 23.2. The highest BCUT2D eigenvalue weighted by Crippen LogP contribution is 2.54. The molecule has 0 bridgehead atoms. The number of unbranched alkanes of at least 4 members (excludes halogenated alkanes) is 2. The molecule has 39 heavy (non-hydrogen) atoms. The number of likely N-dealkylation sites (tertiary alicyclic amines) is 1. The third-order valence-corrected chi connectivity index (χ3v) is 8.83. The number of aliphatic hydroxyl groups is 1. The van der Waals surface area contributed by atoms with Crippen molar-refractivity contribution in [3.63, 3.8) is 0 Å². The van der Waals surface area contributed by atoms with E-state index in [1.165, 1.54) is 0 Å². The van der Waals surface area contributed by atoms with Gasteiger partial charge in [-0.3, -0.25) is 14.4 Å². The van der Waals surface area contributed by atoms with Crippen LogP contribution in [0.2, 0.25) is 0 Å². The minimum Gasteiger partial charge on any atom is -0.394 e. The number of hydrogen-bond acceptors (Lipinski definition) is 5. The predicted molar refractivity (Wildman–Crippen MR) is 147 cm³/mol. The van der Waals surface area contributed by atoms with Crippen LogP contribution in [0.15, 0.2) is 54.6 Å². The van der Waals surface area contributed by atoms with Crippen molar-refractivity contribution < 1.29 is 24.2 Å². The van der Waals surface area contributed by atoms with Gasteiger partial charge in [-0.1, -0.05) is 88.2 Å². The summed E-state index contributed by atoms with van der Waals surface area (Å²) in [4.78, 5) is 47.9. The molecule has 6 atom stereocenters. The van der Waals surface area contributed by atoms with Gasteiger partial charge in [0, 0.05) is 26.2 Å². The highest BCUT2D eigenvalue weighted by molar-refractivity contribution is 6.00. The molecule has 4 aliphatic rings. The monoisotopic (exact) mass is 535 g/mol. The van der Waals surface area contributed by atoms with Gasteiger partial charge in [0.15, 0.2) is 0 Å². The molecular formula is C31H41N3O5. The van der Waals surface area contributed by atoms with Gasteiger partial charge in [0.1, 0.15) is 11.6 Å². The Bertz CT molecular complexity index is 1130. The average molecular weight is 536 g/mol. The van der Waals surface area contributed by atoms with Crippen molar-refractivity contribution in [2.24, 2.45) is 17.8 Å². The van der Waals surface area contributed by atoms with Crippen LogP contribution >= 0.6 is 0 Å². The molecular weight excluding hydrogens is 494 g/mol. The molecule has 1 aromatic carbocycles. The fourth-order valence-corrected chi connectivity index (χ4v) is 6.85. The minimum absolute atomic E-state index is 0.0847. The Labute approximate surface area is 231 Å². The normalized spacial score (nSPS) is 30.9. The first-order chi connectivity index (χ1) is 18.8. The molecule has 0 radical (unpaired) electrons. The van der Waals surface area contributed by atoms with Crippen LogP contribution in [0.5, 0.6) is 0 Å². The number of aliphatic hydroxyl groups excluding tert-OH is 1. The predicted octanol–water partition coefficient (Wildman–Crippen LogP) is 2.77. The molecule has 3 amide bonds. The van der Waals surface area contributed by atoms with Gasteiger partial charge in [-0.15, -0.1) is 0 Å². The van der Waals surface area contributed by atoms with E-state index in [1.807, 2.05) is 68.5 Å². The molecule has 8 nitrogen and oxygen atoms in total. The fourth-order valence-electron chi connectivity index (χ4n) is 6.85. The van der Waals surface area contributed by atoms with Gasteiger partial charge in [0.2, 0.25) is 17.7 Å². The molecule has 0 aliphatic carbocycles. The van der Waals surface area contributed by atoms with Crippen LogP contribution in [0.4, 0.5) is 0 Å². The van der Waals surface area contributed by atoms with Gasteiger partial charge in [-0.25, -0.2) is 0 Å². The van der Waals surface area contributed by atoms with E-state index in [1.54, 1.807) is 14.7 Å². The number of carbonyl (C=O) groups excluding carboxylic acids is 3. The zero-order chi connectivity index (χ0) is 27.7. The summed E-state index contributed by atoms with van der Waals surface area (Å²) in [7, 11) is 0. The molecule has 1 N–H and O–H groups in total. The molecule has 0 aromatic heterocycles. The Morgan fingerprint density at radius 3 is 2.44 bits per heavy atom. The lowest BCUT2D eigenvalue weighted by molar-refractivity contribution is -0.152. The van der Waals surface area contributed by atoms with Gasteiger partial charge >= 0.3 is 0 Å². The molecule has 2 fully saturated rings. The quantitative estimate of drug-likeness (QED) is 0.388. The van der Waals surface area contributed by atoms with Crippen molar-refractivity contribution >= 4 is 17.7 Å². The minimum atomic E-state index is -1.26. The van der Waals surface area contributed by atoms with Crippen molar-refractivity contribution in [2.75, 3.05) is 26.2 Å². The van der Waals surface area contributed by atoms with E-state index in [0.717, 1.165) is 24.8 Å². The van der Waals surface area contributed by atoms with E-state index in [2.05, 4.69) is 6.92 Å². The number of nitrogens with zero attached hydrogens (tertiary/aromatic N) is 3. The highest BCUT2D eigenvalue weighted by Gasteiger charge is 2.72. The third-order valence-electron chi connectivity index (χ3n) is 8.83. The van der Waals surface area contributed by atoms with Crippen LogP contribution in [-0.4, -0.2) is 87.6 Å². The highest BCUT2D eigenvalue weighted by atomic mass is 16.5. The Morgan fingerprint density at radius 2 is 1.74 bits per heavy atom. The van der Waals surface area contributed by atoms with Crippen LogP contribution in [0, 0.1) is 17.8 Å². The maximum Gasteiger partial charge on any atom is 0.249 e. The molecule has 1 unspecified atom stereocenters. The first-order valence-electron chi connectivity index (χ1n) is 14.4. The van der Waals surface area contributed by atoms with Gasteiger partial charge in [0.25, 0.3) is 0 Å². The topological polar surface area (TPSA) is 90.4 Å². The number of hydrogen-bond donors (Lipinski definition) is 1. The third kappa shape index (κ3) is 4.72. The molecule has 1 spiro atoms. The summed E-state index contributed by atoms with van der Waals surface area (Å²) in [6.07, 6.45) is 9.96. The second-order valence-electron chi connectivity index (χ2n) is 11.6.